The van der Waals surface area contributed by atoms with Crippen LogP contribution in [0.15, 0.2) is 6.20 Å². The molecule has 0 aliphatic heterocycles. The highest BCUT2D eigenvalue weighted by molar-refractivity contribution is 5.73. The van der Waals surface area contributed by atoms with E-state index >= 15 is 0 Å². The number of rotatable bonds is 3. The molecule has 7 nitrogen and oxygen atoms in total. The molecule has 1 saturated carbocycles. The fourth-order valence-corrected chi connectivity index (χ4v) is 1.53. The number of ether oxygens (including phenoxy) is 1. The standard InChI is InChI=1S/C9H13FN4O.C2HF3O2/c1-15-8-7(10)4-12-9(14-8)13-6-2-5(11)3-6;3-2(4,5)1(6)7/h4-6H,2-3,11H2,1H3,(H,12,13,14);(H,6,7). The molecule has 4 N–H and O–H groups in total. The van der Waals surface area contributed by atoms with Crippen LogP contribution in [0.4, 0.5) is 23.5 Å². The topological polar surface area (TPSA) is 110 Å². The van der Waals surface area contributed by atoms with Gasteiger partial charge in [0.2, 0.25) is 11.8 Å². The minimum Gasteiger partial charge on any atom is -0.479 e. The van der Waals surface area contributed by atoms with Gasteiger partial charge in [-0.25, -0.2) is 9.78 Å². The number of carbonyl (C=O) groups is 1. The lowest BCUT2D eigenvalue weighted by Gasteiger charge is -2.32. The molecule has 1 aliphatic rings. The van der Waals surface area contributed by atoms with Crippen LogP contribution in [-0.4, -0.2) is 46.4 Å². The number of hydrogen-bond donors (Lipinski definition) is 3. The van der Waals surface area contributed by atoms with E-state index in [-0.39, 0.29) is 18.0 Å². The molecule has 0 atom stereocenters. The molecule has 1 heterocycles. The number of hydrogen-bond acceptors (Lipinski definition) is 6. The summed E-state index contributed by atoms with van der Waals surface area (Å²) in [5, 5.41) is 10.2. The summed E-state index contributed by atoms with van der Waals surface area (Å²) in [5.74, 6) is -2.98. The average molecular weight is 326 g/mol. The lowest BCUT2D eigenvalue weighted by molar-refractivity contribution is -0.192. The Morgan fingerprint density at radius 2 is 2.05 bits per heavy atom. The van der Waals surface area contributed by atoms with Crippen molar-refractivity contribution in [2.24, 2.45) is 5.73 Å². The van der Waals surface area contributed by atoms with Crippen molar-refractivity contribution in [3.63, 3.8) is 0 Å². The van der Waals surface area contributed by atoms with Crippen LogP contribution < -0.4 is 15.8 Å². The number of nitrogens with zero attached hydrogens (tertiary/aromatic N) is 2. The molecule has 1 aromatic heterocycles. The lowest BCUT2D eigenvalue weighted by atomic mass is 9.88. The van der Waals surface area contributed by atoms with Crippen molar-refractivity contribution in [1.82, 2.24) is 9.97 Å². The number of carboxylic acid groups (broad SMARTS) is 1. The summed E-state index contributed by atoms with van der Waals surface area (Å²) in [7, 11) is 1.37. The van der Waals surface area contributed by atoms with Gasteiger partial charge in [-0.2, -0.15) is 22.5 Å². The number of nitrogens with two attached hydrogens (primary N) is 1. The molecule has 124 valence electrons. The molecule has 22 heavy (non-hydrogen) atoms. The normalized spacial score (nSPS) is 20.3. The molecule has 1 fully saturated rings. The quantitative estimate of drug-likeness (QED) is 0.715. The zero-order chi connectivity index (χ0) is 16.9. The molecule has 0 amide bonds. The third-order valence-electron chi connectivity index (χ3n) is 2.66. The zero-order valence-electron chi connectivity index (χ0n) is 11.4. The second kappa shape index (κ2) is 7.20. The van der Waals surface area contributed by atoms with E-state index in [1.54, 1.807) is 0 Å². The molecular formula is C11H14F4N4O3. The van der Waals surface area contributed by atoms with Crippen LogP contribution in [0.25, 0.3) is 0 Å². The smallest absolute Gasteiger partial charge is 0.479 e. The van der Waals surface area contributed by atoms with Gasteiger partial charge in [0.05, 0.1) is 13.3 Å². The minimum absolute atomic E-state index is 0.0453. The van der Waals surface area contributed by atoms with E-state index in [2.05, 4.69) is 15.3 Å². The fraction of sp³-hybridized carbons (Fsp3) is 0.545. The van der Waals surface area contributed by atoms with Crippen molar-refractivity contribution >= 4 is 11.9 Å². The Hall–Kier alpha value is -2.17. The van der Waals surface area contributed by atoms with E-state index in [1.807, 2.05) is 0 Å². The van der Waals surface area contributed by atoms with Gasteiger partial charge in [0.25, 0.3) is 5.88 Å². The molecule has 0 saturated heterocycles. The van der Waals surface area contributed by atoms with Crippen LogP contribution in [0, 0.1) is 5.82 Å². The maximum absolute atomic E-state index is 13.0. The first-order valence-corrected chi connectivity index (χ1v) is 6.02. The van der Waals surface area contributed by atoms with Crippen LogP contribution in [0.1, 0.15) is 12.8 Å². The van der Waals surface area contributed by atoms with Crippen LogP contribution in [0.3, 0.4) is 0 Å². The van der Waals surface area contributed by atoms with Crippen molar-refractivity contribution in [1.29, 1.82) is 0 Å². The summed E-state index contributed by atoms with van der Waals surface area (Å²) in [6.07, 6.45) is -2.21. The first-order chi connectivity index (χ1) is 10.1. The van der Waals surface area contributed by atoms with Gasteiger partial charge < -0.3 is 20.9 Å². The van der Waals surface area contributed by atoms with Crippen molar-refractivity contribution in [2.45, 2.75) is 31.1 Å². The minimum atomic E-state index is -5.08. The number of alkyl halides is 3. The van der Waals surface area contributed by atoms with Gasteiger partial charge in [0, 0.05) is 12.1 Å². The molecule has 0 spiro atoms. The van der Waals surface area contributed by atoms with Crippen LogP contribution in [-0.2, 0) is 4.79 Å². The zero-order valence-corrected chi connectivity index (χ0v) is 11.4. The molecule has 0 bridgehead atoms. The number of aromatic nitrogens is 2. The number of methoxy groups -OCH3 is 1. The van der Waals surface area contributed by atoms with Gasteiger partial charge in [0.15, 0.2) is 0 Å². The molecule has 1 aliphatic carbocycles. The number of anilines is 1. The van der Waals surface area contributed by atoms with E-state index in [0.717, 1.165) is 19.0 Å². The predicted molar refractivity (Wildman–Crippen MR) is 66.9 cm³/mol. The second-order valence-electron chi connectivity index (χ2n) is 4.43. The fourth-order valence-electron chi connectivity index (χ4n) is 1.53. The Morgan fingerprint density at radius 3 is 2.45 bits per heavy atom. The van der Waals surface area contributed by atoms with Crippen LogP contribution in [0.2, 0.25) is 0 Å². The Balaban J connectivity index is 0.000000295. The summed E-state index contributed by atoms with van der Waals surface area (Å²) in [6.45, 7) is 0. The molecule has 0 unspecified atom stereocenters. The summed E-state index contributed by atoms with van der Waals surface area (Å²) < 4.78 is 49.5. The number of halogens is 4. The molecule has 1 aromatic rings. The van der Waals surface area contributed by atoms with Gasteiger partial charge in [-0.15, -0.1) is 0 Å². The SMILES string of the molecule is COc1nc(NC2CC(N)C2)ncc1F.O=C(O)C(F)(F)F. The number of carboxylic acids is 1. The lowest BCUT2D eigenvalue weighted by Crippen LogP contribution is -2.44. The maximum Gasteiger partial charge on any atom is 0.490 e. The van der Waals surface area contributed by atoms with Gasteiger partial charge in [-0.1, -0.05) is 0 Å². The Bertz CT molecular complexity index is 521. The first-order valence-electron chi connectivity index (χ1n) is 6.02. The van der Waals surface area contributed by atoms with E-state index < -0.39 is 18.0 Å². The van der Waals surface area contributed by atoms with Crippen molar-refractivity contribution in [3.8, 4) is 5.88 Å². The van der Waals surface area contributed by atoms with Crippen LogP contribution >= 0.6 is 0 Å². The van der Waals surface area contributed by atoms with Gasteiger partial charge in [-0.3, -0.25) is 0 Å². The van der Waals surface area contributed by atoms with Crippen molar-refractivity contribution < 1.29 is 32.2 Å². The van der Waals surface area contributed by atoms with E-state index in [1.165, 1.54) is 7.11 Å². The largest absolute Gasteiger partial charge is 0.490 e. The second-order valence-corrected chi connectivity index (χ2v) is 4.43. The highest BCUT2D eigenvalue weighted by Crippen LogP contribution is 2.22. The third kappa shape index (κ3) is 5.31. The van der Waals surface area contributed by atoms with Crippen molar-refractivity contribution in [2.75, 3.05) is 12.4 Å². The monoisotopic (exact) mass is 326 g/mol. The van der Waals surface area contributed by atoms with E-state index in [4.69, 9.17) is 20.4 Å². The molecule has 11 heteroatoms. The number of aliphatic carboxylic acids is 1. The average Bonchev–Trinajstić information content (AvgIpc) is 2.38. The molecule has 0 radical (unpaired) electrons. The number of nitrogens with one attached hydrogen (secondary N) is 1. The molecular weight excluding hydrogens is 312 g/mol. The summed E-state index contributed by atoms with van der Waals surface area (Å²) >= 11 is 0. The Morgan fingerprint density at radius 1 is 1.50 bits per heavy atom. The summed E-state index contributed by atoms with van der Waals surface area (Å²) in [5.41, 5.74) is 5.64. The first kappa shape index (κ1) is 17.9. The van der Waals surface area contributed by atoms with E-state index in [9.17, 15) is 17.6 Å². The third-order valence-corrected chi connectivity index (χ3v) is 2.66. The Kier molecular flexibility index (Phi) is 5.85. The maximum atomic E-state index is 13.0. The van der Waals surface area contributed by atoms with Gasteiger partial charge in [0.1, 0.15) is 0 Å². The Labute approximate surface area is 122 Å². The molecule has 0 aromatic carbocycles. The molecule has 2 rings (SSSR count). The summed E-state index contributed by atoms with van der Waals surface area (Å²) in [4.78, 5) is 16.6. The van der Waals surface area contributed by atoms with Gasteiger partial charge >= 0.3 is 12.1 Å². The van der Waals surface area contributed by atoms with Crippen molar-refractivity contribution in [3.05, 3.63) is 12.0 Å². The highest BCUT2D eigenvalue weighted by atomic mass is 19.4. The van der Waals surface area contributed by atoms with Crippen LogP contribution in [0.5, 0.6) is 5.88 Å². The van der Waals surface area contributed by atoms with Gasteiger partial charge in [-0.05, 0) is 12.8 Å². The van der Waals surface area contributed by atoms with E-state index in [0.29, 0.717) is 5.95 Å². The predicted octanol–water partition coefficient (Wildman–Crippen LogP) is 1.16. The highest BCUT2D eigenvalue weighted by Gasteiger charge is 2.38. The summed E-state index contributed by atoms with van der Waals surface area (Å²) in [6, 6.07) is 0.542.